The van der Waals surface area contributed by atoms with Crippen LogP contribution in [-0.4, -0.2) is 60.0 Å². The van der Waals surface area contributed by atoms with Crippen molar-refractivity contribution in [1.82, 2.24) is 14.2 Å². The molecule has 1 amide bonds. The van der Waals surface area contributed by atoms with Gasteiger partial charge in [0.15, 0.2) is 0 Å². The summed E-state index contributed by atoms with van der Waals surface area (Å²) < 4.78 is 33.8. The van der Waals surface area contributed by atoms with Crippen LogP contribution in [0, 0.1) is 0 Å². The van der Waals surface area contributed by atoms with Crippen LogP contribution in [0.4, 0.5) is 4.79 Å². The Hall–Kier alpha value is -2.19. The largest absolute Gasteiger partial charge is 0.444 e. The van der Waals surface area contributed by atoms with Gasteiger partial charge in [-0.1, -0.05) is 12.1 Å². The fourth-order valence-electron chi connectivity index (χ4n) is 3.43. The van der Waals surface area contributed by atoms with E-state index < -0.39 is 21.7 Å². The topological polar surface area (TPSA) is 79.8 Å². The number of nitrogens with zero attached hydrogens (tertiary/aromatic N) is 3. The van der Waals surface area contributed by atoms with Crippen LogP contribution < -0.4 is 0 Å². The Kier molecular flexibility index (Phi) is 5.63. The first kappa shape index (κ1) is 20.5. The first-order chi connectivity index (χ1) is 13.1. The summed E-state index contributed by atoms with van der Waals surface area (Å²) in [4.78, 5) is 18.4. The highest BCUT2D eigenvalue weighted by molar-refractivity contribution is 7.89. The second kappa shape index (κ2) is 7.67. The van der Waals surface area contributed by atoms with Crippen LogP contribution in [0.5, 0.6) is 0 Å². The van der Waals surface area contributed by atoms with Crippen LogP contribution in [0.3, 0.4) is 0 Å². The summed E-state index contributed by atoms with van der Waals surface area (Å²) in [6.45, 7) is 8.39. The number of carbonyl (C=O) groups excluding carboxylic acids is 1. The second-order valence-electron chi connectivity index (χ2n) is 8.10. The number of fused-ring (bicyclic) bond motifs is 1. The zero-order valence-corrected chi connectivity index (χ0v) is 17.6. The quantitative estimate of drug-likeness (QED) is 0.766. The predicted octanol–water partition coefficient (Wildman–Crippen LogP) is 3.25. The Morgan fingerprint density at radius 1 is 1.21 bits per heavy atom. The van der Waals surface area contributed by atoms with Crippen molar-refractivity contribution in [3.8, 4) is 0 Å². The molecule has 1 aliphatic rings. The molecule has 2 aromatic rings. The molecule has 1 aromatic heterocycles. The van der Waals surface area contributed by atoms with Gasteiger partial charge in [0.25, 0.3) is 0 Å². The van der Waals surface area contributed by atoms with Gasteiger partial charge in [-0.05, 0) is 46.2 Å². The van der Waals surface area contributed by atoms with Gasteiger partial charge in [0.1, 0.15) is 5.60 Å². The molecule has 0 radical (unpaired) electrons. The monoisotopic (exact) mass is 405 g/mol. The van der Waals surface area contributed by atoms with Gasteiger partial charge in [0.2, 0.25) is 10.0 Å². The minimum Gasteiger partial charge on any atom is -0.444 e. The molecule has 0 spiro atoms. The fraction of sp³-hybridized carbons (Fsp3) is 0.500. The average molecular weight is 406 g/mol. The highest BCUT2D eigenvalue weighted by Gasteiger charge is 2.35. The van der Waals surface area contributed by atoms with Gasteiger partial charge in [0, 0.05) is 48.8 Å². The Labute approximate surface area is 166 Å². The van der Waals surface area contributed by atoms with Crippen LogP contribution in [0.2, 0.25) is 0 Å². The first-order valence-corrected chi connectivity index (χ1v) is 10.9. The van der Waals surface area contributed by atoms with E-state index in [1.54, 1.807) is 35.5 Å². The van der Waals surface area contributed by atoms with Crippen molar-refractivity contribution < 1.29 is 17.9 Å². The number of sulfonamides is 1. The van der Waals surface area contributed by atoms with Gasteiger partial charge in [-0.15, -0.1) is 0 Å². The molecule has 1 aliphatic heterocycles. The third-order valence-electron chi connectivity index (χ3n) is 4.66. The predicted molar refractivity (Wildman–Crippen MR) is 108 cm³/mol. The molecule has 3 rings (SSSR count). The number of aromatic nitrogens is 1. The summed E-state index contributed by atoms with van der Waals surface area (Å²) in [6.07, 6.45) is 3.40. The highest BCUT2D eigenvalue weighted by Crippen LogP contribution is 2.28. The lowest BCUT2D eigenvalue weighted by Crippen LogP contribution is -2.45. The lowest BCUT2D eigenvalue weighted by atomic mass is 10.2. The summed E-state index contributed by atoms with van der Waals surface area (Å²) in [5, 5.41) is 1.43. The molecular weight excluding hydrogens is 378 g/mol. The summed E-state index contributed by atoms with van der Waals surface area (Å²) in [7, 11) is -3.72. The lowest BCUT2D eigenvalue weighted by Gasteiger charge is -2.30. The molecule has 2 heterocycles. The van der Waals surface area contributed by atoms with E-state index in [0.717, 1.165) is 5.39 Å². The van der Waals surface area contributed by atoms with Gasteiger partial charge in [0.05, 0.1) is 4.90 Å². The van der Waals surface area contributed by atoms with Crippen molar-refractivity contribution in [2.75, 3.05) is 19.6 Å². The minimum atomic E-state index is -3.72. The standard InChI is InChI=1S/C20H27N3O4S/c1-15-14-22(19(24)27-20(2,3)4)11-6-12-23(15)28(25,26)18-8-5-7-16-13-21-10-9-17(16)18/h5,7-10,13,15H,6,11-12,14H2,1-4H3/t15-/m1/s1. The average Bonchev–Trinajstić information content (AvgIpc) is 2.82. The maximum atomic E-state index is 13.4. The van der Waals surface area contributed by atoms with Crippen LogP contribution in [0.1, 0.15) is 34.1 Å². The van der Waals surface area contributed by atoms with Crippen molar-refractivity contribution in [2.24, 2.45) is 0 Å². The van der Waals surface area contributed by atoms with Crippen LogP contribution >= 0.6 is 0 Å². The van der Waals surface area contributed by atoms with Gasteiger partial charge in [-0.2, -0.15) is 4.31 Å². The Bertz CT molecular complexity index is 964. The number of hydrogen-bond donors (Lipinski definition) is 0. The number of hydrogen-bond acceptors (Lipinski definition) is 5. The van der Waals surface area contributed by atoms with Gasteiger partial charge < -0.3 is 9.64 Å². The normalized spacial score (nSPS) is 19.4. The maximum absolute atomic E-state index is 13.4. The first-order valence-electron chi connectivity index (χ1n) is 9.42. The summed E-state index contributed by atoms with van der Waals surface area (Å²) in [5.41, 5.74) is -0.588. The number of carbonyl (C=O) groups is 1. The van der Waals surface area contributed by atoms with Crippen molar-refractivity contribution in [3.63, 3.8) is 0 Å². The summed E-state index contributed by atoms with van der Waals surface area (Å²) in [6, 6.07) is 6.56. The van der Waals surface area contributed by atoms with E-state index in [9.17, 15) is 13.2 Å². The fourth-order valence-corrected chi connectivity index (χ4v) is 5.31. The van der Waals surface area contributed by atoms with E-state index in [1.807, 2.05) is 33.8 Å². The Balaban J connectivity index is 1.88. The number of pyridine rings is 1. The van der Waals surface area contributed by atoms with Crippen molar-refractivity contribution >= 4 is 26.9 Å². The number of amides is 1. The molecule has 1 fully saturated rings. The minimum absolute atomic E-state index is 0.268. The number of rotatable bonds is 2. The van der Waals surface area contributed by atoms with E-state index >= 15 is 0 Å². The van der Waals surface area contributed by atoms with Gasteiger partial charge >= 0.3 is 6.09 Å². The molecule has 1 aromatic carbocycles. The number of benzene rings is 1. The molecule has 1 atom stereocenters. The van der Waals surface area contributed by atoms with E-state index in [0.29, 0.717) is 31.4 Å². The van der Waals surface area contributed by atoms with Crippen molar-refractivity contribution in [2.45, 2.75) is 50.7 Å². The molecule has 0 unspecified atom stereocenters. The zero-order valence-electron chi connectivity index (χ0n) is 16.8. The molecule has 1 saturated heterocycles. The zero-order chi connectivity index (χ0) is 20.5. The van der Waals surface area contributed by atoms with E-state index in [1.165, 1.54) is 4.31 Å². The van der Waals surface area contributed by atoms with Crippen LogP contribution in [0.15, 0.2) is 41.6 Å². The third kappa shape index (κ3) is 4.28. The Morgan fingerprint density at radius 3 is 2.68 bits per heavy atom. The molecule has 152 valence electrons. The summed E-state index contributed by atoms with van der Waals surface area (Å²) in [5.74, 6) is 0. The third-order valence-corrected chi connectivity index (χ3v) is 6.73. The van der Waals surface area contributed by atoms with E-state index in [4.69, 9.17) is 4.74 Å². The smallest absolute Gasteiger partial charge is 0.410 e. The van der Waals surface area contributed by atoms with Crippen molar-refractivity contribution in [1.29, 1.82) is 0 Å². The molecule has 28 heavy (non-hydrogen) atoms. The highest BCUT2D eigenvalue weighted by atomic mass is 32.2. The van der Waals surface area contributed by atoms with Crippen molar-refractivity contribution in [3.05, 3.63) is 36.7 Å². The van der Waals surface area contributed by atoms with E-state index in [-0.39, 0.29) is 10.9 Å². The van der Waals surface area contributed by atoms with Gasteiger partial charge in [-0.25, -0.2) is 13.2 Å². The molecule has 0 aliphatic carbocycles. The van der Waals surface area contributed by atoms with Crippen LogP contribution in [0.25, 0.3) is 10.8 Å². The lowest BCUT2D eigenvalue weighted by molar-refractivity contribution is 0.0244. The molecular formula is C20H27N3O4S. The molecule has 0 N–H and O–H groups in total. The summed E-state index contributed by atoms with van der Waals surface area (Å²) >= 11 is 0. The van der Waals surface area contributed by atoms with Gasteiger partial charge in [-0.3, -0.25) is 4.98 Å². The second-order valence-corrected chi connectivity index (χ2v) is 9.96. The maximum Gasteiger partial charge on any atom is 0.410 e. The molecule has 8 heteroatoms. The number of ether oxygens (including phenoxy) is 1. The SMILES string of the molecule is C[C@@H]1CN(C(=O)OC(C)(C)C)CCCN1S(=O)(=O)c1cccc2cnccc12. The van der Waals surface area contributed by atoms with E-state index in [2.05, 4.69) is 4.98 Å². The Morgan fingerprint density at radius 2 is 1.96 bits per heavy atom. The molecule has 0 saturated carbocycles. The molecule has 7 nitrogen and oxygen atoms in total. The molecule has 0 bridgehead atoms. The van der Waals surface area contributed by atoms with Crippen LogP contribution in [-0.2, 0) is 14.8 Å².